The highest BCUT2D eigenvalue weighted by atomic mass is 32.1. The average Bonchev–Trinajstić information content (AvgIpc) is 2.54. The van der Waals surface area contributed by atoms with E-state index in [1.54, 1.807) is 6.07 Å². The number of hydrogen-bond acceptors (Lipinski definition) is 3. The van der Waals surface area contributed by atoms with Crippen LogP contribution < -0.4 is 4.74 Å². The summed E-state index contributed by atoms with van der Waals surface area (Å²) in [4.78, 5) is 7.62. The molecule has 2 heterocycles. The number of hydrogen-bond donors (Lipinski definition) is 1. The summed E-state index contributed by atoms with van der Waals surface area (Å²) >= 11 is 5.38. The Labute approximate surface area is 131 Å². The molecule has 5 heteroatoms. The van der Waals surface area contributed by atoms with Crippen molar-refractivity contribution in [1.29, 1.82) is 0 Å². The van der Waals surface area contributed by atoms with Crippen LogP contribution in [0.3, 0.4) is 0 Å². The fourth-order valence-electron chi connectivity index (χ4n) is 2.54. The Morgan fingerprint density at radius 2 is 1.95 bits per heavy atom. The molecule has 0 unspecified atom stereocenters. The smallest absolute Gasteiger partial charge is 0.205 e. The zero-order chi connectivity index (χ0) is 15.1. The number of rotatable bonds is 1. The van der Waals surface area contributed by atoms with Crippen molar-refractivity contribution in [2.24, 2.45) is 0 Å². The second kappa shape index (κ2) is 5.03. The van der Waals surface area contributed by atoms with Crippen molar-refractivity contribution in [3.63, 3.8) is 0 Å². The number of aromatic amines is 1. The van der Waals surface area contributed by atoms with Gasteiger partial charge < -0.3 is 9.72 Å². The predicted octanol–water partition coefficient (Wildman–Crippen LogP) is 4.64. The van der Waals surface area contributed by atoms with Gasteiger partial charge in [-0.25, -0.2) is 9.37 Å². The van der Waals surface area contributed by atoms with Crippen LogP contribution in [0.2, 0.25) is 0 Å². The van der Waals surface area contributed by atoms with Gasteiger partial charge in [-0.2, -0.15) is 0 Å². The number of ether oxygens (including phenoxy) is 1. The summed E-state index contributed by atoms with van der Waals surface area (Å²) in [5.41, 5.74) is 2.50. The monoisotopic (exact) mass is 310 g/mol. The summed E-state index contributed by atoms with van der Waals surface area (Å²) in [6.45, 7) is 0. The maximum atomic E-state index is 13.4. The lowest BCUT2D eigenvalue weighted by Crippen LogP contribution is -2.08. The molecule has 0 saturated heterocycles. The Kier molecular flexibility index (Phi) is 3.01. The zero-order valence-corrected chi connectivity index (χ0v) is 12.3. The van der Waals surface area contributed by atoms with Gasteiger partial charge in [0.25, 0.3) is 0 Å². The highest BCUT2D eigenvalue weighted by Crippen LogP contribution is 2.36. The van der Waals surface area contributed by atoms with E-state index in [2.05, 4.69) is 9.97 Å². The van der Waals surface area contributed by atoms with Crippen molar-refractivity contribution >= 4 is 12.2 Å². The van der Waals surface area contributed by atoms with Gasteiger partial charge in [-0.3, -0.25) is 0 Å². The molecule has 1 aromatic heterocycles. The Morgan fingerprint density at radius 3 is 2.77 bits per heavy atom. The van der Waals surface area contributed by atoms with E-state index in [9.17, 15) is 4.39 Å². The van der Waals surface area contributed by atoms with Crippen LogP contribution in [0.1, 0.15) is 11.1 Å². The molecule has 0 atom stereocenters. The van der Waals surface area contributed by atoms with E-state index < -0.39 is 0 Å². The fourth-order valence-corrected chi connectivity index (χ4v) is 2.80. The second-order valence-electron chi connectivity index (χ2n) is 5.10. The van der Waals surface area contributed by atoms with E-state index in [1.165, 1.54) is 12.1 Å². The first kappa shape index (κ1) is 13.2. The van der Waals surface area contributed by atoms with Gasteiger partial charge in [0, 0.05) is 17.5 Å². The minimum absolute atomic E-state index is 0.283. The van der Waals surface area contributed by atoms with Crippen LogP contribution in [-0.4, -0.2) is 9.97 Å². The molecule has 0 saturated carbocycles. The van der Waals surface area contributed by atoms with Gasteiger partial charge in [-0.05, 0) is 18.2 Å². The Bertz CT molecular complexity index is 922. The lowest BCUT2D eigenvalue weighted by molar-refractivity contribution is 0.437. The summed E-state index contributed by atoms with van der Waals surface area (Å²) in [7, 11) is 0. The number of nitrogens with one attached hydrogen (secondary N) is 1. The van der Waals surface area contributed by atoms with Crippen molar-refractivity contribution in [2.45, 2.75) is 6.42 Å². The van der Waals surface area contributed by atoms with Gasteiger partial charge in [0.1, 0.15) is 22.0 Å². The molecule has 1 aliphatic heterocycles. The topological polar surface area (TPSA) is 37.9 Å². The van der Waals surface area contributed by atoms with E-state index >= 15 is 0 Å². The van der Waals surface area contributed by atoms with Crippen LogP contribution in [0.4, 0.5) is 4.39 Å². The van der Waals surface area contributed by atoms with E-state index in [-0.39, 0.29) is 5.82 Å². The normalized spacial score (nSPS) is 12.2. The number of H-pyrrole nitrogens is 1. The molecule has 0 radical (unpaired) electrons. The van der Waals surface area contributed by atoms with Crippen LogP contribution in [0.15, 0.2) is 48.5 Å². The molecule has 22 heavy (non-hydrogen) atoms. The highest BCUT2D eigenvalue weighted by molar-refractivity contribution is 7.71. The second-order valence-corrected chi connectivity index (χ2v) is 5.48. The van der Waals surface area contributed by atoms with Gasteiger partial charge in [0.15, 0.2) is 0 Å². The van der Waals surface area contributed by atoms with E-state index in [4.69, 9.17) is 17.0 Å². The first-order chi connectivity index (χ1) is 10.7. The summed E-state index contributed by atoms with van der Waals surface area (Å²) in [6, 6.07) is 14.2. The molecule has 3 aromatic rings. The molecule has 0 amide bonds. The third-order valence-electron chi connectivity index (χ3n) is 3.63. The molecule has 0 fully saturated rings. The third kappa shape index (κ3) is 2.19. The van der Waals surface area contributed by atoms with Gasteiger partial charge >= 0.3 is 0 Å². The Balaban J connectivity index is 1.83. The van der Waals surface area contributed by atoms with Crippen molar-refractivity contribution in [3.8, 4) is 23.0 Å². The molecule has 108 valence electrons. The van der Waals surface area contributed by atoms with E-state index in [0.29, 0.717) is 28.5 Å². The number of fused-ring (bicyclic) bond motifs is 2. The van der Waals surface area contributed by atoms with Crippen molar-refractivity contribution in [3.05, 3.63) is 70.1 Å². The van der Waals surface area contributed by atoms with Crippen LogP contribution in [0.25, 0.3) is 11.4 Å². The van der Waals surface area contributed by atoms with E-state index in [0.717, 1.165) is 16.7 Å². The van der Waals surface area contributed by atoms with Gasteiger partial charge in [-0.1, -0.05) is 42.5 Å². The number of nitrogens with zero attached hydrogens (tertiary/aromatic N) is 1. The van der Waals surface area contributed by atoms with Crippen LogP contribution in [-0.2, 0) is 6.42 Å². The first-order valence-electron chi connectivity index (χ1n) is 6.85. The zero-order valence-electron chi connectivity index (χ0n) is 11.5. The predicted molar refractivity (Wildman–Crippen MR) is 84.1 cm³/mol. The largest absolute Gasteiger partial charge is 0.440 e. The fraction of sp³-hybridized carbons (Fsp3) is 0.0588. The van der Waals surface area contributed by atoms with Gasteiger partial charge in [-0.15, -0.1) is 0 Å². The lowest BCUT2D eigenvalue weighted by Gasteiger charge is -2.20. The molecule has 3 nitrogen and oxygen atoms in total. The molecule has 4 rings (SSSR count). The third-order valence-corrected chi connectivity index (χ3v) is 3.96. The molecule has 1 N–H and O–H groups in total. The first-order valence-corrected chi connectivity index (χ1v) is 7.26. The minimum atomic E-state index is -0.283. The minimum Gasteiger partial charge on any atom is -0.440 e. The van der Waals surface area contributed by atoms with Crippen molar-refractivity contribution < 1.29 is 9.13 Å². The van der Waals surface area contributed by atoms with E-state index in [1.807, 2.05) is 30.3 Å². The van der Waals surface area contributed by atoms with Crippen molar-refractivity contribution in [2.75, 3.05) is 0 Å². The molecular formula is C17H11FN2OS. The summed E-state index contributed by atoms with van der Waals surface area (Å²) < 4.78 is 19.7. The Morgan fingerprint density at radius 1 is 1.14 bits per heavy atom. The number of halogens is 1. The van der Waals surface area contributed by atoms with Crippen LogP contribution in [0.5, 0.6) is 11.6 Å². The standard InChI is InChI=1S/C17H11FN2OS/c18-12-6-7-14-11(8-12)9-13-16(21-14)19-15(20-17(13)22)10-4-2-1-3-5-10/h1-8H,9H2,(H,19,20,22). The summed E-state index contributed by atoms with van der Waals surface area (Å²) in [5, 5.41) is 0. The maximum Gasteiger partial charge on any atom is 0.205 e. The summed E-state index contributed by atoms with van der Waals surface area (Å²) in [6.07, 6.45) is 0.514. The van der Waals surface area contributed by atoms with Gasteiger partial charge in [0.05, 0.1) is 5.56 Å². The molecule has 1 aliphatic rings. The number of aromatic nitrogens is 2. The highest BCUT2D eigenvalue weighted by Gasteiger charge is 2.21. The maximum absolute atomic E-state index is 13.4. The van der Waals surface area contributed by atoms with Crippen LogP contribution in [0, 0.1) is 10.5 Å². The molecule has 0 aliphatic carbocycles. The lowest BCUT2D eigenvalue weighted by atomic mass is 10.0. The quantitative estimate of drug-likeness (QED) is 0.520. The van der Waals surface area contributed by atoms with Crippen molar-refractivity contribution in [1.82, 2.24) is 9.97 Å². The molecule has 0 bridgehead atoms. The number of benzene rings is 2. The molecule has 2 aromatic carbocycles. The molecular weight excluding hydrogens is 299 g/mol. The SMILES string of the molecule is Fc1ccc2c(c1)Cc1c([nH]c(-c3ccccc3)nc1=S)O2. The Hall–Kier alpha value is -2.53. The summed E-state index contributed by atoms with van der Waals surface area (Å²) in [5.74, 6) is 1.60. The van der Waals surface area contributed by atoms with Crippen LogP contribution >= 0.6 is 12.2 Å². The molecule has 0 spiro atoms. The average molecular weight is 310 g/mol. The van der Waals surface area contributed by atoms with Gasteiger partial charge in [0.2, 0.25) is 5.88 Å².